The van der Waals surface area contributed by atoms with Crippen LogP contribution in [0.1, 0.15) is 38.8 Å². The number of benzene rings is 1. The van der Waals surface area contributed by atoms with E-state index in [0.717, 1.165) is 6.07 Å². The van der Waals surface area contributed by atoms with Gasteiger partial charge in [0.15, 0.2) is 0 Å². The van der Waals surface area contributed by atoms with E-state index in [4.69, 9.17) is 16.3 Å². The van der Waals surface area contributed by atoms with Crippen molar-refractivity contribution in [3.8, 4) is 0 Å². The maximum atomic E-state index is 15.0. The van der Waals surface area contributed by atoms with Crippen LogP contribution in [0.5, 0.6) is 0 Å². The Balaban J connectivity index is 2.50. The fraction of sp³-hybridized carbons (Fsp3) is 0.273. The van der Waals surface area contributed by atoms with Crippen LogP contribution in [0.2, 0.25) is 5.02 Å². The van der Waals surface area contributed by atoms with E-state index in [1.165, 1.54) is 18.3 Å². The van der Waals surface area contributed by atoms with Gasteiger partial charge in [0, 0.05) is 11.8 Å². The molecule has 0 bridgehead atoms. The van der Waals surface area contributed by atoms with Gasteiger partial charge in [-0.25, -0.2) is 14.2 Å². The predicted molar refractivity (Wildman–Crippen MR) is 121 cm³/mol. The van der Waals surface area contributed by atoms with Crippen molar-refractivity contribution >= 4 is 51.1 Å². The van der Waals surface area contributed by atoms with Gasteiger partial charge in [0.2, 0.25) is 0 Å². The molecule has 1 aromatic heterocycles. The number of ether oxygens (including phenoxy) is 1. The van der Waals surface area contributed by atoms with E-state index in [1.807, 2.05) is 0 Å². The molecular weight excluding hydrogens is 505 g/mol. The minimum atomic E-state index is -1.43. The second-order valence-corrected chi connectivity index (χ2v) is 9.16. The molecular formula is C22H21BrClFN3O4+. The summed E-state index contributed by atoms with van der Waals surface area (Å²) in [5.41, 5.74) is -1.26. The topological polar surface area (TPSA) is 88.9 Å². The van der Waals surface area contributed by atoms with Crippen molar-refractivity contribution in [3.05, 3.63) is 68.8 Å². The monoisotopic (exact) mass is 524 g/mol. The van der Waals surface area contributed by atoms with Crippen LogP contribution in [0.3, 0.4) is 0 Å². The second-order valence-electron chi connectivity index (χ2n) is 7.94. The lowest BCUT2D eigenvalue weighted by molar-refractivity contribution is -0.773. The van der Waals surface area contributed by atoms with Gasteiger partial charge in [-0.1, -0.05) is 17.7 Å². The van der Waals surface area contributed by atoms with Crippen molar-refractivity contribution < 1.29 is 28.3 Å². The Hall–Kier alpha value is -2.62. The lowest BCUT2D eigenvalue weighted by Crippen LogP contribution is -2.66. The number of amidine groups is 1. The number of aliphatic imine (C=N–C) groups is 1. The summed E-state index contributed by atoms with van der Waals surface area (Å²) in [5.74, 6) is -1.87. The fourth-order valence-electron chi connectivity index (χ4n) is 3.71. The van der Waals surface area contributed by atoms with Crippen molar-refractivity contribution in [1.82, 2.24) is 4.98 Å². The highest BCUT2D eigenvalue weighted by atomic mass is 79.9. The molecule has 1 aliphatic heterocycles. The molecule has 2 heterocycles. The number of amides is 1. The Bertz CT molecular complexity index is 1140. The van der Waals surface area contributed by atoms with Crippen LogP contribution >= 0.6 is 27.5 Å². The molecule has 10 heteroatoms. The number of pyridine rings is 1. The van der Waals surface area contributed by atoms with Crippen LogP contribution in [0, 0.1) is 5.82 Å². The van der Waals surface area contributed by atoms with Crippen LogP contribution in [-0.4, -0.2) is 44.6 Å². The molecule has 0 aliphatic carbocycles. The zero-order chi connectivity index (χ0) is 23.8. The number of halogens is 3. The third-order valence-electron chi connectivity index (χ3n) is 5.04. The third-order valence-corrected chi connectivity index (χ3v) is 5.83. The SMILES string of the molecule is CCOC(=O)C1=C(c2ccc(Br)nc2)N=C(c2c(F)cccc2Cl)[N+]1(C(=O)O)C(C)(C)C. The molecule has 2 aromatic rings. The van der Waals surface area contributed by atoms with Gasteiger partial charge in [-0.15, -0.1) is 4.48 Å². The second kappa shape index (κ2) is 8.73. The number of rotatable bonds is 4. The van der Waals surface area contributed by atoms with Crippen molar-refractivity contribution in [3.63, 3.8) is 0 Å². The summed E-state index contributed by atoms with van der Waals surface area (Å²) >= 11 is 9.57. The van der Waals surface area contributed by atoms with Crippen LogP contribution in [-0.2, 0) is 9.53 Å². The molecule has 1 aromatic carbocycles. The number of hydrogen-bond acceptors (Lipinski definition) is 5. The van der Waals surface area contributed by atoms with Crippen LogP contribution in [0.25, 0.3) is 5.70 Å². The normalized spacial score (nSPS) is 18.5. The van der Waals surface area contributed by atoms with Gasteiger partial charge in [0.05, 0.1) is 11.6 Å². The predicted octanol–water partition coefficient (Wildman–Crippen LogP) is 5.62. The Labute approximate surface area is 197 Å². The molecule has 0 fully saturated rings. The van der Waals surface area contributed by atoms with E-state index in [-0.39, 0.29) is 34.4 Å². The Kier molecular flexibility index (Phi) is 6.55. The number of quaternary nitrogens is 1. The molecule has 1 atom stereocenters. The molecule has 0 saturated carbocycles. The largest absolute Gasteiger partial charge is 0.526 e. The minimum absolute atomic E-state index is 0.00769. The number of carboxylic acid groups (broad SMARTS) is 1. The van der Waals surface area contributed by atoms with Crippen LogP contribution in [0.4, 0.5) is 9.18 Å². The first-order chi connectivity index (χ1) is 15.0. The van der Waals surface area contributed by atoms with E-state index < -0.39 is 27.9 Å². The average Bonchev–Trinajstić information content (AvgIpc) is 3.05. The quantitative estimate of drug-likeness (QED) is 0.318. The number of nitrogens with zero attached hydrogens (tertiary/aromatic N) is 3. The zero-order valence-corrected chi connectivity index (χ0v) is 20.2. The molecule has 1 N–H and O–H groups in total. The highest BCUT2D eigenvalue weighted by Gasteiger charge is 2.64. The first-order valence-corrected chi connectivity index (χ1v) is 10.8. The van der Waals surface area contributed by atoms with E-state index >= 15 is 4.39 Å². The molecule has 1 amide bonds. The summed E-state index contributed by atoms with van der Waals surface area (Å²) in [6.45, 7) is 6.47. The highest BCUT2D eigenvalue weighted by molar-refractivity contribution is 9.10. The molecule has 0 saturated heterocycles. The van der Waals surface area contributed by atoms with Gasteiger partial charge >= 0.3 is 12.1 Å². The molecule has 3 rings (SSSR count). The zero-order valence-electron chi connectivity index (χ0n) is 17.8. The highest BCUT2D eigenvalue weighted by Crippen LogP contribution is 2.46. The molecule has 1 unspecified atom stereocenters. The molecule has 7 nitrogen and oxygen atoms in total. The molecule has 168 valence electrons. The lowest BCUT2D eigenvalue weighted by atomic mass is 9.97. The van der Waals surface area contributed by atoms with Gasteiger partial charge in [-0.3, -0.25) is 0 Å². The lowest BCUT2D eigenvalue weighted by Gasteiger charge is -2.40. The summed E-state index contributed by atoms with van der Waals surface area (Å²) in [6.07, 6.45) is 0.00596. The Morgan fingerprint density at radius 1 is 1.25 bits per heavy atom. The molecule has 1 aliphatic rings. The van der Waals surface area contributed by atoms with Crippen molar-refractivity contribution in [2.24, 2.45) is 4.99 Å². The van der Waals surface area contributed by atoms with Crippen molar-refractivity contribution in [2.45, 2.75) is 33.2 Å². The summed E-state index contributed by atoms with van der Waals surface area (Å²) in [5, 5.41) is 10.5. The standard InChI is InChI=1S/C22H20BrClFN3O4/c1-5-32-20(29)18-17(12-9-10-15(23)26-11-12)27-19(16-13(24)7-6-8-14(16)25)28(18,21(30)31)22(2,3)4/h6-11H,5H2,1-4H3/p+1. The third kappa shape index (κ3) is 3.74. The number of esters is 1. The van der Waals surface area contributed by atoms with Gasteiger partial charge in [0.25, 0.3) is 11.5 Å². The van der Waals surface area contributed by atoms with Gasteiger partial charge in [-0.05, 0) is 67.9 Å². The van der Waals surface area contributed by atoms with E-state index in [9.17, 15) is 14.7 Å². The maximum absolute atomic E-state index is 15.0. The van der Waals surface area contributed by atoms with Crippen molar-refractivity contribution in [2.75, 3.05) is 6.61 Å². The van der Waals surface area contributed by atoms with E-state index in [0.29, 0.717) is 10.2 Å². The first kappa shape index (κ1) is 24.0. The maximum Gasteiger partial charge on any atom is 0.526 e. The van der Waals surface area contributed by atoms with Crippen molar-refractivity contribution in [1.29, 1.82) is 0 Å². The van der Waals surface area contributed by atoms with E-state index in [1.54, 1.807) is 39.8 Å². The Morgan fingerprint density at radius 3 is 2.44 bits per heavy atom. The van der Waals surface area contributed by atoms with Gasteiger partial charge < -0.3 is 9.84 Å². The number of carbonyl (C=O) groups is 2. The number of aromatic nitrogens is 1. The minimum Gasteiger partial charge on any atom is -0.458 e. The van der Waals surface area contributed by atoms with Gasteiger partial charge in [-0.2, -0.15) is 9.79 Å². The van der Waals surface area contributed by atoms with Gasteiger partial charge in [0.1, 0.15) is 27.2 Å². The summed E-state index contributed by atoms with van der Waals surface area (Å²) in [6, 6.07) is 7.25. The summed E-state index contributed by atoms with van der Waals surface area (Å²) in [7, 11) is 0. The summed E-state index contributed by atoms with van der Waals surface area (Å²) in [4.78, 5) is 34.9. The average molecular weight is 526 g/mol. The fourth-order valence-corrected chi connectivity index (χ4v) is 4.19. The molecule has 0 spiro atoms. The number of carbonyl (C=O) groups excluding carboxylic acids is 1. The first-order valence-electron chi connectivity index (χ1n) is 9.67. The van der Waals surface area contributed by atoms with E-state index in [2.05, 4.69) is 25.9 Å². The Morgan fingerprint density at radius 2 is 1.94 bits per heavy atom. The summed E-state index contributed by atoms with van der Waals surface area (Å²) < 4.78 is 19.7. The molecule has 32 heavy (non-hydrogen) atoms. The smallest absolute Gasteiger partial charge is 0.458 e. The van der Waals surface area contributed by atoms with Crippen LogP contribution < -0.4 is 0 Å². The number of hydrogen-bond donors (Lipinski definition) is 1. The van der Waals surface area contributed by atoms with Crippen LogP contribution in [0.15, 0.2) is 51.8 Å². The molecule has 0 radical (unpaired) electrons.